The Bertz CT molecular complexity index is 484. The summed E-state index contributed by atoms with van der Waals surface area (Å²) >= 11 is 1.67. The van der Waals surface area contributed by atoms with Crippen molar-refractivity contribution in [3.8, 4) is 11.5 Å². The third-order valence-electron chi connectivity index (χ3n) is 2.35. The maximum absolute atomic E-state index is 5.54. The highest BCUT2D eigenvalue weighted by Gasteiger charge is 2.08. The van der Waals surface area contributed by atoms with Gasteiger partial charge in [-0.25, -0.2) is 0 Å². The number of rotatable bonds is 5. The van der Waals surface area contributed by atoms with Gasteiger partial charge in [0, 0.05) is 5.56 Å². The Morgan fingerprint density at radius 2 is 2.29 bits per heavy atom. The van der Waals surface area contributed by atoms with E-state index >= 15 is 0 Å². The predicted molar refractivity (Wildman–Crippen MR) is 69.7 cm³/mol. The molecule has 0 aliphatic carbocycles. The van der Waals surface area contributed by atoms with Crippen molar-refractivity contribution < 1.29 is 4.52 Å². The molecule has 0 aliphatic rings. The number of thioether (sulfide) groups is 1. The van der Waals surface area contributed by atoms with E-state index in [1.54, 1.807) is 11.8 Å². The molecule has 0 fully saturated rings. The first kappa shape index (κ1) is 12.1. The zero-order valence-corrected chi connectivity index (χ0v) is 10.5. The van der Waals surface area contributed by atoms with Gasteiger partial charge in [0.1, 0.15) is 0 Å². The van der Waals surface area contributed by atoms with E-state index in [0.29, 0.717) is 12.4 Å². The van der Waals surface area contributed by atoms with E-state index in [9.17, 15) is 0 Å². The summed E-state index contributed by atoms with van der Waals surface area (Å²) in [5.74, 6) is 2.08. The molecule has 1 aromatic carbocycles. The van der Waals surface area contributed by atoms with Crippen LogP contribution in [0.3, 0.4) is 0 Å². The summed E-state index contributed by atoms with van der Waals surface area (Å²) in [5, 5.41) is 3.93. The Balaban J connectivity index is 2.22. The minimum absolute atomic E-state index is 0.577. The Morgan fingerprint density at radius 3 is 3.06 bits per heavy atom. The van der Waals surface area contributed by atoms with Crippen LogP contribution in [0.5, 0.6) is 0 Å². The van der Waals surface area contributed by atoms with Gasteiger partial charge in [-0.1, -0.05) is 17.3 Å². The van der Waals surface area contributed by atoms with Crippen LogP contribution in [0.2, 0.25) is 0 Å². The topological polar surface area (TPSA) is 64.9 Å². The van der Waals surface area contributed by atoms with E-state index in [2.05, 4.69) is 16.2 Å². The molecule has 5 heteroatoms. The molecule has 0 radical (unpaired) electrons. The Hall–Kier alpha value is -1.33. The number of hydrogen-bond donors (Lipinski definition) is 1. The van der Waals surface area contributed by atoms with Crippen molar-refractivity contribution in [1.29, 1.82) is 0 Å². The lowest BCUT2D eigenvalue weighted by Crippen LogP contribution is -2.02. The van der Waals surface area contributed by atoms with Crippen LogP contribution in [-0.4, -0.2) is 22.9 Å². The Labute approximate surface area is 105 Å². The third-order valence-corrected chi connectivity index (χ3v) is 2.90. The summed E-state index contributed by atoms with van der Waals surface area (Å²) < 4.78 is 5.23. The minimum Gasteiger partial charge on any atom is -0.334 e. The first-order valence-electron chi connectivity index (χ1n) is 5.44. The van der Waals surface area contributed by atoms with E-state index in [1.165, 1.54) is 5.56 Å². The second-order valence-corrected chi connectivity index (χ2v) is 4.55. The van der Waals surface area contributed by atoms with Gasteiger partial charge in [-0.3, -0.25) is 0 Å². The van der Waals surface area contributed by atoms with Crippen LogP contribution in [0.15, 0.2) is 28.8 Å². The molecule has 0 unspecified atom stereocenters. The molecule has 0 saturated carbocycles. The molecule has 0 saturated heterocycles. The number of aromatic nitrogens is 2. The molecule has 90 valence electrons. The lowest BCUT2D eigenvalue weighted by atomic mass is 10.1. The van der Waals surface area contributed by atoms with E-state index in [-0.39, 0.29) is 0 Å². The highest BCUT2D eigenvalue weighted by Crippen LogP contribution is 2.19. The summed E-state index contributed by atoms with van der Waals surface area (Å²) in [7, 11) is 0. The Morgan fingerprint density at radius 1 is 1.41 bits per heavy atom. The first-order valence-corrected chi connectivity index (χ1v) is 6.84. The zero-order chi connectivity index (χ0) is 12.1. The number of nitrogens with two attached hydrogens (primary N) is 1. The standard InChI is InChI=1S/C12H15N3OS/c1-17-8-11-14-12(16-15-11)10-4-2-3-9(7-10)5-6-13/h2-4,7H,5-6,8,13H2,1H3. The molecule has 2 aromatic rings. The van der Waals surface area contributed by atoms with Gasteiger partial charge in [0.15, 0.2) is 5.82 Å². The van der Waals surface area contributed by atoms with Crippen molar-refractivity contribution in [2.45, 2.75) is 12.2 Å². The van der Waals surface area contributed by atoms with Crippen LogP contribution < -0.4 is 5.73 Å². The number of nitrogens with zero attached hydrogens (tertiary/aromatic N) is 2. The average molecular weight is 249 g/mol. The number of benzene rings is 1. The lowest BCUT2D eigenvalue weighted by Gasteiger charge is -1.99. The molecule has 0 amide bonds. The summed E-state index contributed by atoms with van der Waals surface area (Å²) in [6, 6.07) is 8.05. The van der Waals surface area contributed by atoms with E-state index in [4.69, 9.17) is 10.3 Å². The fourth-order valence-corrected chi connectivity index (χ4v) is 1.96. The van der Waals surface area contributed by atoms with E-state index in [1.807, 2.05) is 24.5 Å². The summed E-state index contributed by atoms with van der Waals surface area (Å²) in [5.41, 5.74) is 7.68. The highest BCUT2D eigenvalue weighted by atomic mass is 32.2. The van der Waals surface area contributed by atoms with Crippen molar-refractivity contribution in [2.75, 3.05) is 12.8 Å². The van der Waals surface area contributed by atoms with Gasteiger partial charge in [0.05, 0.1) is 5.75 Å². The van der Waals surface area contributed by atoms with Crippen molar-refractivity contribution in [1.82, 2.24) is 10.1 Å². The maximum Gasteiger partial charge on any atom is 0.257 e. The second kappa shape index (κ2) is 5.84. The molecule has 17 heavy (non-hydrogen) atoms. The van der Waals surface area contributed by atoms with Gasteiger partial charge >= 0.3 is 0 Å². The van der Waals surface area contributed by atoms with Crippen molar-refractivity contribution in [3.63, 3.8) is 0 Å². The summed E-state index contributed by atoms with van der Waals surface area (Å²) in [4.78, 5) is 4.34. The van der Waals surface area contributed by atoms with Crippen LogP contribution in [0.1, 0.15) is 11.4 Å². The SMILES string of the molecule is CSCc1noc(-c2cccc(CCN)c2)n1. The van der Waals surface area contributed by atoms with Gasteiger partial charge < -0.3 is 10.3 Å². The molecule has 1 aromatic heterocycles. The quantitative estimate of drug-likeness (QED) is 0.879. The van der Waals surface area contributed by atoms with Crippen LogP contribution in [0, 0.1) is 0 Å². The molecular weight excluding hydrogens is 234 g/mol. The molecule has 4 nitrogen and oxygen atoms in total. The highest BCUT2D eigenvalue weighted by molar-refractivity contribution is 7.97. The summed E-state index contributed by atoms with van der Waals surface area (Å²) in [6.07, 6.45) is 2.87. The predicted octanol–water partition coefficient (Wildman–Crippen LogP) is 2.10. The van der Waals surface area contributed by atoms with Crippen LogP contribution in [-0.2, 0) is 12.2 Å². The van der Waals surface area contributed by atoms with Gasteiger partial charge in [-0.2, -0.15) is 16.7 Å². The third kappa shape index (κ3) is 3.08. The van der Waals surface area contributed by atoms with Gasteiger partial charge in [-0.15, -0.1) is 0 Å². The van der Waals surface area contributed by atoms with Gasteiger partial charge in [0.2, 0.25) is 0 Å². The molecule has 0 atom stereocenters. The number of hydrogen-bond acceptors (Lipinski definition) is 5. The van der Waals surface area contributed by atoms with Crippen LogP contribution >= 0.6 is 11.8 Å². The molecule has 2 rings (SSSR count). The van der Waals surface area contributed by atoms with Crippen molar-refractivity contribution in [3.05, 3.63) is 35.7 Å². The molecule has 1 heterocycles. The van der Waals surface area contributed by atoms with E-state index < -0.39 is 0 Å². The lowest BCUT2D eigenvalue weighted by molar-refractivity contribution is 0.425. The molecule has 2 N–H and O–H groups in total. The summed E-state index contributed by atoms with van der Waals surface area (Å²) in [6.45, 7) is 0.644. The molecule has 0 aliphatic heterocycles. The van der Waals surface area contributed by atoms with Crippen molar-refractivity contribution in [2.24, 2.45) is 5.73 Å². The average Bonchev–Trinajstić information content (AvgIpc) is 2.79. The second-order valence-electron chi connectivity index (χ2n) is 3.69. The van der Waals surface area contributed by atoms with Crippen molar-refractivity contribution >= 4 is 11.8 Å². The van der Waals surface area contributed by atoms with Crippen LogP contribution in [0.25, 0.3) is 11.5 Å². The molecule has 0 bridgehead atoms. The van der Waals surface area contributed by atoms with Crippen LogP contribution in [0.4, 0.5) is 0 Å². The minimum atomic E-state index is 0.577. The fraction of sp³-hybridized carbons (Fsp3) is 0.333. The smallest absolute Gasteiger partial charge is 0.257 e. The zero-order valence-electron chi connectivity index (χ0n) is 9.72. The van der Waals surface area contributed by atoms with E-state index in [0.717, 1.165) is 23.6 Å². The fourth-order valence-electron chi connectivity index (χ4n) is 1.59. The first-order chi connectivity index (χ1) is 8.33. The monoisotopic (exact) mass is 249 g/mol. The molecule has 0 spiro atoms. The normalized spacial score (nSPS) is 10.7. The molecular formula is C12H15N3OS. The maximum atomic E-state index is 5.54. The largest absolute Gasteiger partial charge is 0.334 e. The van der Waals surface area contributed by atoms with Gasteiger partial charge in [0.25, 0.3) is 5.89 Å². The van der Waals surface area contributed by atoms with Gasteiger partial charge in [-0.05, 0) is 36.9 Å². The Kier molecular flexibility index (Phi) is 4.17.